The van der Waals surface area contributed by atoms with Crippen molar-refractivity contribution >= 4 is 34.0 Å². The number of hydrogen-bond acceptors (Lipinski definition) is 5. The number of hydrogen-bond donors (Lipinski definition) is 1. The van der Waals surface area contributed by atoms with Crippen molar-refractivity contribution in [3.05, 3.63) is 34.3 Å². The predicted molar refractivity (Wildman–Crippen MR) is 65.8 cm³/mol. The minimum absolute atomic E-state index is 0.623. The molecule has 2 aromatic heterocycles. The van der Waals surface area contributed by atoms with Crippen LogP contribution in [-0.2, 0) is 0 Å². The summed E-state index contributed by atoms with van der Waals surface area (Å²) >= 11 is 6.43. The maximum absolute atomic E-state index is 5.03. The third-order valence-electron chi connectivity index (χ3n) is 2.10. The first-order valence-corrected chi connectivity index (χ1v) is 5.84. The number of aromatic nitrogens is 4. The summed E-state index contributed by atoms with van der Waals surface area (Å²) in [5.74, 6) is 0.623. The van der Waals surface area contributed by atoms with Crippen molar-refractivity contribution in [2.45, 2.75) is 0 Å². The third-order valence-corrected chi connectivity index (χ3v) is 3.21. The fourth-order valence-electron chi connectivity index (χ4n) is 1.38. The Morgan fingerprint density at radius 1 is 1.12 bits per heavy atom. The van der Waals surface area contributed by atoms with Gasteiger partial charge in [0.2, 0.25) is 0 Å². The molecule has 0 radical (unpaired) electrons. The minimum Gasteiger partial charge on any atom is -0.319 e. The van der Waals surface area contributed by atoms with Crippen LogP contribution in [0.15, 0.2) is 30.3 Å². The van der Waals surface area contributed by atoms with E-state index in [-0.39, 0.29) is 0 Å². The highest BCUT2D eigenvalue weighted by Crippen LogP contribution is 2.18. The molecule has 0 aliphatic heterocycles. The van der Waals surface area contributed by atoms with E-state index in [0.29, 0.717) is 15.4 Å². The van der Waals surface area contributed by atoms with Gasteiger partial charge in [-0.2, -0.15) is 0 Å². The van der Waals surface area contributed by atoms with Crippen LogP contribution in [0.5, 0.6) is 0 Å². The molecule has 0 amide bonds. The molecule has 3 rings (SSSR count). The number of thiazole rings is 1. The van der Waals surface area contributed by atoms with Crippen LogP contribution in [0.1, 0.15) is 0 Å². The van der Waals surface area contributed by atoms with E-state index in [1.54, 1.807) is 0 Å². The molecular weight excluding hydrogens is 240 g/mol. The van der Waals surface area contributed by atoms with E-state index in [4.69, 9.17) is 12.2 Å². The van der Waals surface area contributed by atoms with Crippen molar-refractivity contribution in [1.29, 1.82) is 0 Å². The molecule has 0 saturated heterocycles. The first-order valence-electron chi connectivity index (χ1n) is 4.62. The highest BCUT2D eigenvalue weighted by Gasteiger charge is 2.05. The van der Waals surface area contributed by atoms with E-state index < -0.39 is 0 Å². The molecule has 0 atom stereocenters. The first kappa shape index (κ1) is 9.56. The van der Waals surface area contributed by atoms with Crippen molar-refractivity contribution in [3.8, 4) is 11.4 Å². The van der Waals surface area contributed by atoms with Gasteiger partial charge in [-0.05, 0) is 12.2 Å². The summed E-state index contributed by atoms with van der Waals surface area (Å²) in [5.41, 5.74) is 1.60. The molecular formula is C10H6N4S2. The van der Waals surface area contributed by atoms with Crippen molar-refractivity contribution in [3.63, 3.8) is 0 Å². The smallest absolute Gasteiger partial charge is 0.190 e. The fraction of sp³-hybridized carbons (Fsp3) is 0. The number of fused-ring (bicyclic) bond motifs is 1. The Labute approximate surface area is 100 Å². The molecule has 0 bridgehead atoms. The van der Waals surface area contributed by atoms with Gasteiger partial charge < -0.3 is 4.98 Å². The highest BCUT2D eigenvalue weighted by atomic mass is 32.1. The Morgan fingerprint density at radius 2 is 1.94 bits per heavy atom. The highest BCUT2D eigenvalue weighted by molar-refractivity contribution is 7.73. The monoisotopic (exact) mass is 246 g/mol. The molecule has 6 heteroatoms. The summed E-state index contributed by atoms with van der Waals surface area (Å²) in [7, 11) is 0. The molecule has 0 aliphatic carbocycles. The fourth-order valence-corrected chi connectivity index (χ4v) is 2.36. The molecule has 0 unspecified atom stereocenters. The minimum atomic E-state index is 0.623. The average molecular weight is 246 g/mol. The number of H-pyrrole nitrogens is 1. The van der Waals surface area contributed by atoms with Crippen LogP contribution in [-0.4, -0.2) is 20.2 Å². The lowest BCUT2D eigenvalue weighted by Gasteiger charge is -1.96. The van der Waals surface area contributed by atoms with E-state index >= 15 is 0 Å². The van der Waals surface area contributed by atoms with Crippen molar-refractivity contribution in [2.75, 3.05) is 0 Å². The van der Waals surface area contributed by atoms with E-state index in [9.17, 15) is 0 Å². The van der Waals surface area contributed by atoms with Crippen molar-refractivity contribution in [1.82, 2.24) is 20.2 Å². The quantitative estimate of drug-likeness (QED) is 0.671. The van der Waals surface area contributed by atoms with E-state index in [1.165, 1.54) is 11.3 Å². The number of aromatic amines is 1. The Kier molecular flexibility index (Phi) is 2.23. The SMILES string of the molecule is S=c1[nH]c2nnc(-c3ccccc3)nc2s1. The van der Waals surface area contributed by atoms with Gasteiger partial charge >= 0.3 is 0 Å². The predicted octanol–water partition coefficient (Wildman–Crippen LogP) is 2.81. The topological polar surface area (TPSA) is 54.5 Å². The summed E-state index contributed by atoms with van der Waals surface area (Å²) in [6.45, 7) is 0. The molecule has 2 heterocycles. The second-order valence-corrected chi connectivity index (χ2v) is 4.84. The molecule has 1 aromatic carbocycles. The van der Waals surface area contributed by atoms with Crippen LogP contribution in [0.2, 0.25) is 0 Å². The van der Waals surface area contributed by atoms with E-state index in [0.717, 1.165) is 10.4 Å². The van der Waals surface area contributed by atoms with Gasteiger partial charge in [-0.25, -0.2) is 4.98 Å². The van der Waals surface area contributed by atoms with Crippen LogP contribution in [0.3, 0.4) is 0 Å². The molecule has 4 nitrogen and oxygen atoms in total. The van der Waals surface area contributed by atoms with Gasteiger partial charge in [-0.3, -0.25) is 0 Å². The Hall–Kier alpha value is -1.66. The normalized spacial score (nSPS) is 10.8. The summed E-state index contributed by atoms with van der Waals surface area (Å²) < 4.78 is 0.669. The lowest BCUT2D eigenvalue weighted by atomic mass is 10.2. The summed E-state index contributed by atoms with van der Waals surface area (Å²) in [6, 6.07) is 9.75. The first-order chi connectivity index (χ1) is 7.83. The molecule has 0 saturated carbocycles. The maximum Gasteiger partial charge on any atom is 0.190 e. The van der Waals surface area contributed by atoms with Gasteiger partial charge in [0.25, 0.3) is 0 Å². The summed E-state index contributed by atoms with van der Waals surface area (Å²) in [4.78, 5) is 8.14. The van der Waals surface area contributed by atoms with Gasteiger partial charge in [0, 0.05) is 5.56 Å². The zero-order valence-corrected chi connectivity index (χ0v) is 9.68. The number of benzene rings is 1. The molecule has 3 aromatic rings. The molecule has 1 N–H and O–H groups in total. The standard InChI is InChI=1S/C10H6N4S2/c15-10-12-8-9(16-10)11-7(13-14-8)6-4-2-1-3-5-6/h1-5H,(H,12,14,15). The third kappa shape index (κ3) is 1.62. The lowest BCUT2D eigenvalue weighted by molar-refractivity contribution is 1.02. The van der Waals surface area contributed by atoms with Gasteiger partial charge in [-0.1, -0.05) is 41.7 Å². The molecule has 0 aliphatic rings. The van der Waals surface area contributed by atoms with Gasteiger partial charge in [0.15, 0.2) is 20.3 Å². The molecule has 0 spiro atoms. The average Bonchev–Trinajstić information content (AvgIpc) is 2.69. The second-order valence-electron chi connectivity index (χ2n) is 3.17. The molecule has 78 valence electrons. The van der Waals surface area contributed by atoms with Crippen LogP contribution >= 0.6 is 23.6 Å². The van der Waals surface area contributed by atoms with Gasteiger partial charge in [0.05, 0.1) is 0 Å². The zero-order chi connectivity index (χ0) is 11.0. The largest absolute Gasteiger partial charge is 0.319 e. The molecule has 0 fully saturated rings. The van der Waals surface area contributed by atoms with Gasteiger partial charge in [0.1, 0.15) is 0 Å². The van der Waals surface area contributed by atoms with Crippen LogP contribution in [0, 0.1) is 3.95 Å². The lowest BCUT2D eigenvalue weighted by Crippen LogP contribution is -1.91. The number of rotatable bonds is 1. The number of nitrogens with zero attached hydrogens (tertiary/aromatic N) is 3. The van der Waals surface area contributed by atoms with Crippen LogP contribution in [0.25, 0.3) is 21.9 Å². The Bertz CT molecular complexity index is 687. The molecule has 16 heavy (non-hydrogen) atoms. The second kappa shape index (κ2) is 3.73. The van der Waals surface area contributed by atoms with Crippen LogP contribution in [0.4, 0.5) is 0 Å². The van der Waals surface area contributed by atoms with Gasteiger partial charge in [-0.15, -0.1) is 10.2 Å². The van der Waals surface area contributed by atoms with E-state index in [2.05, 4.69) is 20.2 Å². The van der Waals surface area contributed by atoms with Crippen molar-refractivity contribution < 1.29 is 0 Å². The zero-order valence-electron chi connectivity index (χ0n) is 8.04. The van der Waals surface area contributed by atoms with Crippen LogP contribution < -0.4 is 0 Å². The Morgan fingerprint density at radius 3 is 2.75 bits per heavy atom. The maximum atomic E-state index is 5.03. The summed E-state index contributed by atoms with van der Waals surface area (Å²) in [5, 5.41) is 8.11. The Balaban J connectivity index is 2.22. The number of nitrogens with one attached hydrogen (secondary N) is 1. The van der Waals surface area contributed by atoms with E-state index in [1.807, 2.05) is 30.3 Å². The summed E-state index contributed by atoms with van der Waals surface area (Å²) in [6.07, 6.45) is 0. The van der Waals surface area contributed by atoms with Crippen molar-refractivity contribution in [2.24, 2.45) is 0 Å².